The van der Waals surface area contributed by atoms with E-state index in [2.05, 4.69) is 0 Å². The molecule has 1 aromatic rings. The molecule has 15 heavy (non-hydrogen) atoms. The molecular weight excluding hydrogens is 192 g/mol. The van der Waals surface area contributed by atoms with E-state index >= 15 is 0 Å². The molecule has 3 nitrogen and oxygen atoms in total. The molecule has 1 unspecified atom stereocenters. The van der Waals surface area contributed by atoms with Crippen LogP contribution in [0.25, 0.3) is 0 Å². The Kier molecular flexibility index (Phi) is 3.02. The fourth-order valence-electron chi connectivity index (χ4n) is 1.90. The van der Waals surface area contributed by atoms with Crippen LogP contribution in [0.3, 0.4) is 0 Å². The Hall–Kier alpha value is -1.35. The fourth-order valence-corrected chi connectivity index (χ4v) is 1.90. The average molecular weight is 206 g/mol. The van der Waals surface area contributed by atoms with Gasteiger partial charge in [-0.1, -0.05) is 12.1 Å². The number of carbonyl (C=O) groups is 1. The summed E-state index contributed by atoms with van der Waals surface area (Å²) < 4.78 is 5.40. The van der Waals surface area contributed by atoms with Crippen LogP contribution in [0.4, 0.5) is 0 Å². The number of benzene rings is 1. The van der Waals surface area contributed by atoms with Crippen LogP contribution in [0.15, 0.2) is 24.3 Å². The van der Waals surface area contributed by atoms with Crippen LogP contribution in [0, 0.1) is 0 Å². The third-order valence-electron chi connectivity index (χ3n) is 2.79. The second-order valence-corrected chi connectivity index (χ2v) is 3.84. The van der Waals surface area contributed by atoms with Gasteiger partial charge >= 0.3 is 5.97 Å². The van der Waals surface area contributed by atoms with E-state index in [1.165, 1.54) is 5.56 Å². The van der Waals surface area contributed by atoms with Crippen LogP contribution in [-0.2, 0) is 4.74 Å². The topological polar surface area (TPSA) is 46.5 Å². The molecule has 0 amide bonds. The first kappa shape index (κ1) is 10.2. The van der Waals surface area contributed by atoms with Gasteiger partial charge in [-0.25, -0.2) is 4.79 Å². The lowest BCUT2D eigenvalue weighted by Crippen LogP contribution is -2.15. The lowest BCUT2D eigenvalue weighted by molar-refractivity contribution is 0.0696. The highest BCUT2D eigenvalue weighted by Crippen LogP contribution is 2.25. The van der Waals surface area contributed by atoms with Gasteiger partial charge in [0.15, 0.2) is 0 Å². The van der Waals surface area contributed by atoms with Crippen LogP contribution in [0.1, 0.15) is 34.7 Å². The molecule has 2 rings (SSSR count). The number of ether oxygens (including phenoxy) is 1. The van der Waals surface area contributed by atoms with Gasteiger partial charge in [0.05, 0.1) is 12.2 Å². The number of rotatable bonds is 2. The number of hydrogen-bond donors (Lipinski definition) is 1. The molecule has 0 saturated carbocycles. The lowest BCUT2D eigenvalue weighted by Gasteiger charge is -2.22. The van der Waals surface area contributed by atoms with E-state index in [4.69, 9.17) is 9.84 Å². The van der Waals surface area contributed by atoms with E-state index in [0.717, 1.165) is 26.1 Å². The first-order valence-corrected chi connectivity index (χ1v) is 5.18. The predicted molar refractivity (Wildman–Crippen MR) is 56.2 cm³/mol. The monoisotopic (exact) mass is 206 g/mol. The van der Waals surface area contributed by atoms with Crippen LogP contribution >= 0.6 is 0 Å². The van der Waals surface area contributed by atoms with Crippen molar-refractivity contribution < 1.29 is 14.6 Å². The van der Waals surface area contributed by atoms with Gasteiger partial charge in [0.25, 0.3) is 0 Å². The van der Waals surface area contributed by atoms with Crippen molar-refractivity contribution in [3.05, 3.63) is 35.4 Å². The molecule has 0 radical (unpaired) electrons. The van der Waals surface area contributed by atoms with Crippen LogP contribution < -0.4 is 0 Å². The molecule has 1 atom stereocenters. The molecule has 80 valence electrons. The summed E-state index contributed by atoms with van der Waals surface area (Å²) in [4.78, 5) is 10.7. The average Bonchev–Trinajstić information content (AvgIpc) is 2.30. The molecule has 1 aromatic carbocycles. The summed E-state index contributed by atoms with van der Waals surface area (Å²) in [6, 6.07) is 7.10. The summed E-state index contributed by atoms with van der Waals surface area (Å²) in [7, 11) is 0. The Morgan fingerprint density at radius 1 is 1.33 bits per heavy atom. The highest BCUT2D eigenvalue weighted by atomic mass is 16.5. The Labute approximate surface area is 88.7 Å². The summed E-state index contributed by atoms with van der Waals surface area (Å²) in [5.74, 6) is -0.442. The number of hydrogen-bond acceptors (Lipinski definition) is 2. The van der Waals surface area contributed by atoms with Gasteiger partial charge in [-0.05, 0) is 30.5 Å². The molecule has 1 saturated heterocycles. The van der Waals surface area contributed by atoms with Gasteiger partial charge in [0.1, 0.15) is 0 Å². The van der Waals surface area contributed by atoms with Crippen molar-refractivity contribution in [3.63, 3.8) is 0 Å². The van der Waals surface area contributed by atoms with Gasteiger partial charge in [0, 0.05) is 12.5 Å². The molecule has 1 aliphatic heterocycles. The maximum absolute atomic E-state index is 10.7. The zero-order valence-electron chi connectivity index (χ0n) is 8.48. The van der Waals surface area contributed by atoms with E-state index in [9.17, 15) is 4.79 Å². The van der Waals surface area contributed by atoms with Crippen molar-refractivity contribution in [2.75, 3.05) is 13.2 Å². The van der Waals surface area contributed by atoms with E-state index in [-0.39, 0.29) is 0 Å². The maximum atomic E-state index is 10.7. The third kappa shape index (κ3) is 2.36. The van der Waals surface area contributed by atoms with Crippen molar-refractivity contribution in [2.24, 2.45) is 0 Å². The second-order valence-electron chi connectivity index (χ2n) is 3.84. The zero-order chi connectivity index (χ0) is 10.7. The Bertz CT molecular complexity index is 336. The predicted octanol–water partition coefficient (Wildman–Crippen LogP) is 2.28. The van der Waals surface area contributed by atoms with Gasteiger partial charge in [-0.15, -0.1) is 0 Å². The van der Waals surface area contributed by atoms with Crippen LogP contribution in [0.2, 0.25) is 0 Å². The summed E-state index contributed by atoms with van der Waals surface area (Å²) in [6.07, 6.45) is 2.22. The van der Waals surface area contributed by atoms with E-state index in [1.807, 2.05) is 12.1 Å². The summed E-state index contributed by atoms with van der Waals surface area (Å²) >= 11 is 0. The minimum absolute atomic E-state index is 0.343. The molecule has 0 bridgehead atoms. The molecule has 1 aliphatic rings. The largest absolute Gasteiger partial charge is 0.478 e. The lowest BCUT2D eigenvalue weighted by atomic mass is 9.93. The first-order valence-electron chi connectivity index (χ1n) is 5.18. The normalized spacial score (nSPS) is 21.2. The summed E-state index contributed by atoms with van der Waals surface area (Å²) in [6.45, 7) is 1.61. The maximum Gasteiger partial charge on any atom is 0.335 e. The molecule has 0 aromatic heterocycles. The van der Waals surface area contributed by atoms with E-state index < -0.39 is 5.97 Å². The smallest absolute Gasteiger partial charge is 0.335 e. The van der Waals surface area contributed by atoms with Crippen LogP contribution in [-0.4, -0.2) is 24.3 Å². The quantitative estimate of drug-likeness (QED) is 0.807. The Balaban J connectivity index is 2.11. The SMILES string of the molecule is O=C(O)c1ccc(C2CCCOC2)cc1. The van der Waals surface area contributed by atoms with Crippen molar-refractivity contribution in [1.29, 1.82) is 0 Å². The minimum atomic E-state index is -0.874. The summed E-state index contributed by atoms with van der Waals surface area (Å²) in [5.41, 5.74) is 1.52. The van der Waals surface area contributed by atoms with Gasteiger partial charge in [-0.2, -0.15) is 0 Å². The van der Waals surface area contributed by atoms with Gasteiger partial charge < -0.3 is 9.84 Å². The molecule has 1 fully saturated rings. The fraction of sp³-hybridized carbons (Fsp3) is 0.417. The van der Waals surface area contributed by atoms with Gasteiger partial charge in [0.2, 0.25) is 0 Å². The molecule has 3 heteroatoms. The third-order valence-corrected chi connectivity index (χ3v) is 2.79. The van der Waals surface area contributed by atoms with Gasteiger partial charge in [-0.3, -0.25) is 0 Å². The number of carboxylic acids is 1. The highest BCUT2D eigenvalue weighted by molar-refractivity contribution is 5.87. The molecule has 0 spiro atoms. The van der Waals surface area contributed by atoms with E-state index in [0.29, 0.717) is 11.5 Å². The van der Waals surface area contributed by atoms with Crippen LogP contribution in [0.5, 0.6) is 0 Å². The number of carboxylic acid groups (broad SMARTS) is 1. The zero-order valence-corrected chi connectivity index (χ0v) is 8.48. The van der Waals surface area contributed by atoms with E-state index in [1.54, 1.807) is 12.1 Å². The standard InChI is InChI=1S/C12H14O3/c13-12(14)10-5-3-9(4-6-10)11-2-1-7-15-8-11/h3-6,11H,1-2,7-8H2,(H,13,14). The second kappa shape index (κ2) is 4.45. The Morgan fingerprint density at radius 3 is 2.60 bits per heavy atom. The van der Waals surface area contributed by atoms with Crippen molar-refractivity contribution in [2.45, 2.75) is 18.8 Å². The molecular formula is C12H14O3. The molecule has 1 N–H and O–H groups in total. The van der Waals surface area contributed by atoms with Crippen molar-refractivity contribution in [1.82, 2.24) is 0 Å². The summed E-state index contributed by atoms with van der Waals surface area (Å²) in [5, 5.41) is 8.76. The van der Waals surface area contributed by atoms with Crippen molar-refractivity contribution >= 4 is 5.97 Å². The Morgan fingerprint density at radius 2 is 2.07 bits per heavy atom. The first-order chi connectivity index (χ1) is 7.27. The minimum Gasteiger partial charge on any atom is -0.478 e. The van der Waals surface area contributed by atoms with Crippen molar-refractivity contribution in [3.8, 4) is 0 Å². The highest BCUT2D eigenvalue weighted by Gasteiger charge is 2.16. The molecule has 0 aliphatic carbocycles. The number of aromatic carboxylic acids is 1. The molecule has 1 heterocycles.